The van der Waals surface area contributed by atoms with Crippen LogP contribution in [-0.2, 0) is 16.1 Å². The van der Waals surface area contributed by atoms with Gasteiger partial charge >= 0.3 is 6.09 Å². The summed E-state index contributed by atoms with van der Waals surface area (Å²) in [5.41, 5.74) is 5.37. The summed E-state index contributed by atoms with van der Waals surface area (Å²) in [4.78, 5) is 21.8. The van der Waals surface area contributed by atoms with E-state index in [1.165, 1.54) is 12.8 Å². The van der Waals surface area contributed by atoms with E-state index in [1.807, 2.05) is 58.9 Å². The highest BCUT2D eigenvalue weighted by atomic mass is 16.6. The van der Waals surface area contributed by atoms with Gasteiger partial charge in [-0.1, -0.05) is 37.3 Å². The number of aryl methyl sites for hydroxylation is 1. The minimum Gasteiger partial charge on any atom is -0.444 e. The highest BCUT2D eigenvalue weighted by molar-refractivity contribution is 5.92. The van der Waals surface area contributed by atoms with Gasteiger partial charge in [-0.2, -0.15) is 0 Å². The third-order valence-electron chi connectivity index (χ3n) is 5.83. The Kier molecular flexibility index (Phi) is 7.55. The Morgan fingerprint density at radius 2 is 1.91 bits per heavy atom. The standard InChI is InChI=1S/C28H36N4O3/c1-6-21(31-27(33)35-28(3,4)5)17-34-16-19-9-7-10-20(15-19)23-11-8-12-24-25(23)32-26(18(2)29-24)30-22-13-14-22/h7-12,15,21-22H,6,13-14,16-17H2,1-5H3,(H,30,32)(H,31,33). The third-order valence-corrected chi connectivity index (χ3v) is 5.83. The second kappa shape index (κ2) is 10.6. The summed E-state index contributed by atoms with van der Waals surface area (Å²) in [5.74, 6) is 0.870. The first-order valence-corrected chi connectivity index (χ1v) is 12.4. The fourth-order valence-electron chi connectivity index (χ4n) is 3.84. The van der Waals surface area contributed by atoms with E-state index in [4.69, 9.17) is 19.4 Å². The number of hydrogen-bond donors (Lipinski definition) is 2. The minimum absolute atomic E-state index is 0.109. The summed E-state index contributed by atoms with van der Waals surface area (Å²) in [6.45, 7) is 10.4. The molecular weight excluding hydrogens is 440 g/mol. The third kappa shape index (κ3) is 6.92. The largest absolute Gasteiger partial charge is 0.444 e. The van der Waals surface area contributed by atoms with E-state index in [2.05, 4.69) is 28.8 Å². The van der Waals surface area contributed by atoms with Crippen LogP contribution < -0.4 is 10.6 Å². The Morgan fingerprint density at radius 3 is 2.63 bits per heavy atom. The van der Waals surface area contributed by atoms with Crippen molar-refractivity contribution in [1.82, 2.24) is 15.3 Å². The molecular formula is C28H36N4O3. The molecule has 0 saturated heterocycles. The zero-order chi connectivity index (χ0) is 25.0. The molecule has 1 atom stereocenters. The van der Waals surface area contributed by atoms with Gasteiger partial charge in [0.15, 0.2) is 0 Å². The van der Waals surface area contributed by atoms with Crippen LogP contribution in [0.15, 0.2) is 42.5 Å². The van der Waals surface area contributed by atoms with Crippen LogP contribution in [0.1, 0.15) is 58.2 Å². The van der Waals surface area contributed by atoms with E-state index in [0.717, 1.165) is 45.7 Å². The first-order valence-electron chi connectivity index (χ1n) is 12.4. The molecule has 1 heterocycles. The fourth-order valence-corrected chi connectivity index (χ4v) is 3.84. The number of nitrogens with zero attached hydrogens (tertiary/aromatic N) is 2. The number of amides is 1. The maximum atomic E-state index is 12.1. The Labute approximate surface area is 207 Å². The summed E-state index contributed by atoms with van der Waals surface area (Å²) >= 11 is 0. The van der Waals surface area contributed by atoms with Gasteiger partial charge in [0.1, 0.15) is 11.4 Å². The van der Waals surface area contributed by atoms with Crippen molar-refractivity contribution in [2.75, 3.05) is 11.9 Å². The van der Waals surface area contributed by atoms with Crippen LogP contribution in [0.2, 0.25) is 0 Å². The number of benzene rings is 2. The number of ether oxygens (including phenoxy) is 2. The normalized spacial score (nSPS) is 14.5. The number of carbonyl (C=O) groups excluding carboxylic acids is 1. The molecule has 0 bridgehead atoms. The van der Waals surface area contributed by atoms with Crippen LogP contribution in [0.25, 0.3) is 22.2 Å². The van der Waals surface area contributed by atoms with E-state index in [-0.39, 0.29) is 6.04 Å². The second-order valence-electron chi connectivity index (χ2n) is 10.2. The first-order chi connectivity index (χ1) is 16.7. The van der Waals surface area contributed by atoms with Crippen molar-refractivity contribution >= 4 is 22.9 Å². The van der Waals surface area contributed by atoms with Crippen LogP contribution in [0, 0.1) is 6.92 Å². The van der Waals surface area contributed by atoms with Crippen molar-refractivity contribution in [3.8, 4) is 11.1 Å². The molecule has 1 aliphatic carbocycles. The molecule has 7 heteroatoms. The van der Waals surface area contributed by atoms with E-state index in [0.29, 0.717) is 19.3 Å². The van der Waals surface area contributed by atoms with E-state index < -0.39 is 11.7 Å². The highest BCUT2D eigenvalue weighted by Gasteiger charge is 2.23. The average Bonchev–Trinajstić information content (AvgIpc) is 3.61. The highest BCUT2D eigenvalue weighted by Crippen LogP contribution is 2.31. The molecule has 35 heavy (non-hydrogen) atoms. The van der Waals surface area contributed by atoms with Gasteiger partial charge in [0.05, 0.1) is 36.0 Å². The summed E-state index contributed by atoms with van der Waals surface area (Å²) in [5, 5.41) is 6.39. The molecule has 2 aromatic carbocycles. The number of aromatic nitrogens is 2. The maximum absolute atomic E-state index is 12.1. The lowest BCUT2D eigenvalue weighted by Gasteiger charge is -2.23. The molecule has 7 nitrogen and oxygen atoms in total. The lowest BCUT2D eigenvalue weighted by atomic mass is 10.0. The van der Waals surface area contributed by atoms with Crippen molar-refractivity contribution < 1.29 is 14.3 Å². The SMILES string of the molecule is CCC(COCc1cccc(-c2cccc3nc(C)c(NC4CC4)nc23)c1)NC(=O)OC(C)(C)C. The molecule has 1 saturated carbocycles. The lowest BCUT2D eigenvalue weighted by Crippen LogP contribution is -2.41. The minimum atomic E-state index is -0.525. The predicted molar refractivity (Wildman–Crippen MR) is 139 cm³/mol. The van der Waals surface area contributed by atoms with Gasteiger partial charge in [0.25, 0.3) is 0 Å². The average molecular weight is 477 g/mol. The number of fused-ring (bicyclic) bond motifs is 1. The van der Waals surface area contributed by atoms with Crippen molar-refractivity contribution in [2.24, 2.45) is 0 Å². The molecule has 0 radical (unpaired) electrons. The van der Waals surface area contributed by atoms with Crippen molar-refractivity contribution in [2.45, 2.75) is 78.2 Å². The molecule has 2 N–H and O–H groups in total. The summed E-state index contributed by atoms with van der Waals surface area (Å²) < 4.78 is 11.3. The van der Waals surface area contributed by atoms with Gasteiger partial charge in [-0.25, -0.2) is 14.8 Å². The molecule has 4 rings (SSSR count). The van der Waals surface area contributed by atoms with Crippen molar-refractivity contribution in [1.29, 1.82) is 0 Å². The van der Waals surface area contributed by atoms with Gasteiger partial charge in [-0.15, -0.1) is 0 Å². The first kappa shape index (κ1) is 24.9. The molecule has 1 fully saturated rings. The zero-order valence-corrected chi connectivity index (χ0v) is 21.4. The summed E-state index contributed by atoms with van der Waals surface area (Å²) in [6.07, 6.45) is 2.71. The van der Waals surface area contributed by atoms with Crippen LogP contribution in [0.3, 0.4) is 0 Å². The number of alkyl carbamates (subject to hydrolysis) is 1. The summed E-state index contributed by atoms with van der Waals surface area (Å²) in [7, 11) is 0. The quantitative estimate of drug-likeness (QED) is 0.394. The van der Waals surface area contributed by atoms with Gasteiger partial charge in [-0.05, 0) is 70.2 Å². The van der Waals surface area contributed by atoms with Crippen molar-refractivity contribution in [3.05, 3.63) is 53.7 Å². The number of carbonyl (C=O) groups is 1. The van der Waals surface area contributed by atoms with Crippen LogP contribution in [0.5, 0.6) is 0 Å². The van der Waals surface area contributed by atoms with Crippen LogP contribution in [0.4, 0.5) is 10.6 Å². The lowest BCUT2D eigenvalue weighted by molar-refractivity contribution is 0.0426. The monoisotopic (exact) mass is 476 g/mol. The predicted octanol–water partition coefficient (Wildman–Crippen LogP) is 6.00. The number of para-hydroxylation sites is 1. The molecule has 1 aromatic heterocycles. The number of rotatable bonds is 9. The molecule has 1 aliphatic rings. The zero-order valence-electron chi connectivity index (χ0n) is 21.4. The molecule has 3 aromatic rings. The molecule has 0 spiro atoms. The van der Waals surface area contributed by atoms with Gasteiger partial charge < -0.3 is 20.1 Å². The summed E-state index contributed by atoms with van der Waals surface area (Å²) in [6, 6.07) is 14.8. The Hall–Kier alpha value is -3.19. The number of anilines is 1. The van der Waals surface area contributed by atoms with E-state index in [1.54, 1.807) is 0 Å². The van der Waals surface area contributed by atoms with Crippen molar-refractivity contribution in [3.63, 3.8) is 0 Å². The maximum Gasteiger partial charge on any atom is 0.407 e. The fraction of sp³-hybridized carbons (Fsp3) is 0.464. The second-order valence-corrected chi connectivity index (χ2v) is 10.2. The topological polar surface area (TPSA) is 85.4 Å². The van der Waals surface area contributed by atoms with E-state index >= 15 is 0 Å². The molecule has 1 unspecified atom stereocenters. The smallest absolute Gasteiger partial charge is 0.407 e. The van der Waals surface area contributed by atoms with Gasteiger partial charge in [0.2, 0.25) is 0 Å². The Balaban J connectivity index is 1.45. The van der Waals surface area contributed by atoms with Gasteiger partial charge in [-0.3, -0.25) is 0 Å². The van der Waals surface area contributed by atoms with Crippen LogP contribution >= 0.6 is 0 Å². The molecule has 0 aliphatic heterocycles. The van der Waals surface area contributed by atoms with Crippen LogP contribution in [-0.4, -0.2) is 40.4 Å². The molecule has 1 amide bonds. The van der Waals surface area contributed by atoms with E-state index in [9.17, 15) is 4.79 Å². The molecule has 186 valence electrons. The number of hydrogen-bond acceptors (Lipinski definition) is 6. The van der Waals surface area contributed by atoms with Gasteiger partial charge in [0, 0.05) is 11.6 Å². The number of nitrogens with one attached hydrogen (secondary N) is 2. The Morgan fingerprint density at radius 1 is 1.14 bits per heavy atom. The Bertz CT molecular complexity index is 1180.